The van der Waals surface area contributed by atoms with Crippen LogP contribution in [-0.4, -0.2) is 46.9 Å². The summed E-state index contributed by atoms with van der Waals surface area (Å²) in [5.74, 6) is 0. The highest BCUT2D eigenvalue weighted by Crippen LogP contribution is 2.08. The second-order valence-electron chi connectivity index (χ2n) is 3.37. The fraction of sp³-hybridized carbons (Fsp3) is 0.364. The summed E-state index contributed by atoms with van der Waals surface area (Å²) in [6.45, 7) is -1.16. The fourth-order valence-corrected chi connectivity index (χ4v) is 1.02. The monoisotopic (exact) mass is 209 g/mol. The van der Waals surface area contributed by atoms with Gasteiger partial charge in [0.25, 0.3) is 0 Å². The van der Waals surface area contributed by atoms with Gasteiger partial charge in [-0.1, -0.05) is 30.3 Å². The molecule has 1 rings (SSSR count). The lowest BCUT2D eigenvalue weighted by Gasteiger charge is -2.21. The van der Waals surface area contributed by atoms with E-state index in [0.717, 1.165) is 5.56 Å². The summed E-state index contributed by atoms with van der Waals surface area (Å²) >= 11 is 0. The molecule has 0 aliphatic rings. The Morgan fingerprint density at radius 2 is 1.53 bits per heavy atom. The average Bonchev–Trinajstić information content (AvgIpc) is 2.33. The molecular weight excluding hydrogens is 194 g/mol. The van der Waals surface area contributed by atoms with Crippen molar-refractivity contribution < 1.29 is 15.3 Å². The molecule has 0 aromatic heterocycles. The summed E-state index contributed by atoms with van der Waals surface area (Å²) < 4.78 is 0. The lowest BCUT2D eigenvalue weighted by Crippen LogP contribution is -2.39. The zero-order chi connectivity index (χ0) is 11.1. The van der Waals surface area contributed by atoms with Crippen LogP contribution in [0.1, 0.15) is 5.56 Å². The molecule has 0 atom stereocenters. The number of aliphatic hydroxyl groups is 3. The molecule has 0 saturated heterocycles. The lowest BCUT2D eigenvalue weighted by molar-refractivity contribution is 0.0718. The van der Waals surface area contributed by atoms with Crippen LogP contribution < -0.4 is 0 Å². The molecule has 3 N–H and O–H groups in total. The van der Waals surface area contributed by atoms with Crippen LogP contribution >= 0.6 is 0 Å². The maximum Gasteiger partial charge on any atom is 0.129 e. The third kappa shape index (κ3) is 3.13. The number of aliphatic imine (C=N–C) groups is 1. The molecule has 0 aliphatic carbocycles. The van der Waals surface area contributed by atoms with E-state index in [1.807, 2.05) is 30.3 Å². The fourth-order valence-electron chi connectivity index (χ4n) is 1.02. The molecule has 0 spiro atoms. The molecule has 15 heavy (non-hydrogen) atoms. The highest BCUT2D eigenvalue weighted by atomic mass is 16.3. The van der Waals surface area contributed by atoms with Gasteiger partial charge in [0.15, 0.2) is 0 Å². The van der Waals surface area contributed by atoms with Crippen molar-refractivity contribution in [2.45, 2.75) is 5.54 Å². The molecule has 1 aromatic rings. The average molecular weight is 209 g/mol. The van der Waals surface area contributed by atoms with Crippen molar-refractivity contribution in [1.82, 2.24) is 0 Å². The minimum atomic E-state index is -1.18. The minimum absolute atomic E-state index is 0.386. The molecule has 82 valence electrons. The van der Waals surface area contributed by atoms with Gasteiger partial charge in [0.1, 0.15) is 5.54 Å². The van der Waals surface area contributed by atoms with Crippen LogP contribution in [0.2, 0.25) is 0 Å². The molecule has 4 heteroatoms. The second kappa shape index (κ2) is 5.60. The lowest BCUT2D eigenvalue weighted by atomic mass is 10.1. The van der Waals surface area contributed by atoms with E-state index in [1.165, 1.54) is 6.21 Å². The van der Waals surface area contributed by atoms with E-state index in [4.69, 9.17) is 15.3 Å². The SMILES string of the molecule is OCC(CO)(CO)N=Cc1ccccc1. The molecule has 0 fully saturated rings. The highest BCUT2D eigenvalue weighted by Gasteiger charge is 2.25. The van der Waals surface area contributed by atoms with Crippen molar-refractivity contribution in [3.63, 3.8) is 0 Å². The number of nitrogens with zero attached hydrogens (tertiary/aromatic N) is 1. The first kappa shape index (κ1) is 11.8. The van der Waals surface area contributed by atoms with Crippen molar-refractivity contribution >= 4 is 6.21 Å². The van der Waals surface area contributed by atoms with Gasteiger partial charge in [0.2, 0.25) is 0 Å². The van der Waals surface area contributed by atoms with Crippen LogP contribution in [0.25, 0.3) is 0 Å². The Kier molecular flexibility index (Phi) is 4.42. The molecular formula is C11H15NO3. The first-order valence-corrected chi connectivity index (χ1v) is 4.69. The van der Waals surface area contributed by atoms with Gasteiger partial charge in [0, 0.05) is 6.21 Å². The van der Waals surface area contributed by atoms with Gasteiger partial charge < -0.3 is 15.3 Å². The Hall–Kier alpha value is -1.23. The zero-order valence-electron chi connectivity index (χ0n) is 8.37. The van der Waals surface area contributed by atoms with E-state index < -0.39 is 5.54 Å². The summed E-state index contributed by atoms with van der Waals surface area (Å²) in [4.78, 5) is 4.01. The topological polar surface area (TPSA) is 73.0 Å². The smallest absolute Gasteiger partial charge is 0.129 e. The van der Waals surface area contributed by atoms with E-state index in [9.17, 15) is 0 Å². The zero-order valence-corrected chi connectivity index (χ0v) is 8.37. The Morgan fingerprint density at radius 1 is 1.00 bits per heavy atom. The van der Waals surface area contributed by atoms with Gasteiger partial charge in [-0.05, 0) is 5.56 Å². The van der Waals surface area contributed by atoms with Gasteiger partial charge in [-0.25, -0.2) is 0 Å². The van der Waals surface area contributed by atoms with Crippen molar-refractivity contribution in [3.05, 3.63) is 35.9 Å². The van der Waals surface area contributed by atoms with E-state index in [0.29, 0.717) is 0 Å². The summed E-state index contributed by atoms with van der Waals surface area (Å²) in [7, 11) is 0. The van der Waals surface area contributed by atoms with Crippen LogP contribution in [0.4, 0.5) is 0 Å². The number of hydrogen-bond acceptors (Lipinski definition) is 4. The van der Waals surface area contributed by atoms with Crippen LogP contribution in [0, 0.1) is 0 Å². The largest absolute Gasteiger partial charge is 0.394 e. The quantitative estimate of drug-likeness (QED) is 0.589. The maximum absolute atomic E-state index is 9.02. The van der Waals surface area contributed by atoms with Gasteiger partial charge >= 0.3 is 0 Å². The summed E-state index contributed by atoms with van der Waals surface area (Å²) in [5, 5.41) is 27.1. The first-order chi connectivity index (χ1) is 7.26. The third-order valence-electron chi connectivity index (χ3n) is 2.17. The van der Waals surface area contributed by atoms with E-state index in [2.05, 4.69) is 4.99 Å². The van der Waals surface area contributed by atoms with E-state index in [1.54, 1.807) is 0 Å². The summed E-state index contributed by atoms with van der Waals surface area (Å²) in [6.07, 6.45) is 1.53. The molecule has 0 amide bonds. The molecule has 0 heterocycles. The molecule has 0 aliphatic heterocycles. The number of rotatable bonds is 5. The third-order valence-corrected chi connectivity index (χ3v) is 2.17. The molecule has 4 nitrogen and oxygen atoms in total. The van der Waals surface area contributed by atoms with E-state index in [-0.39, 0.29) is 19.8 Å². The Labute approximate surface area is 88.5 Å². The normalized spacial score (nSPS) is 12.2. The van der Waals surface area contributed by atoms with Crippen LogP contribution in [-0.2, 0) is 0 Å². The molecule has 1 aromatic carbocycles. The van der Waals surface area contributed by atoms with Crippen molar-refractivity contribution in [2.75, 3.05) is 19.8 Å². The summed E-state index contributed by atoms with van der Waals surface area (Å²) in [5.41, 5.74) is -0.326. The molecule has 0 bridgehead atoms. The number of hydrogen-bond donors (Lipinski definition) is 3. The first-order valence-electron chi connectivity index (χ1n) is 4.69. The standard InChI is InChI=1S/C11H15NO3/c13-7-11(8-14,9-15)12-6-10-4-2-1-3-5-10/h1-6,13-15H,7-9H2. The van der Waals surface area contributed by atoms with Crippen LogP contribution in [0.3, 0.4) is 0 Å². The predicted octanol–water partition coefficient (Wildman–Crippen LogP) is -0.179. The van der Waals surface area contributed by atoms with E-state index >= 15 is 0 Å². The van der Waals surface area contributed by atoms with Gasteiger partial charge in [-0.3, -0.25) is 4.99 Å². The Morgan fingerprint density at radius 3 is 2.00 bits per heavy atom. The number of aliphatic hydroxyl groups excluding tert-OH is 3. The molecule has 0 unspecified atom stereocenters. The summed E-state index contributed by atoms with van der Waals surface area (Å²) in [6, 6.07) is 9.30. The minimum Gasteiger partial charge on any atom is -0.394 e. The second-order valence-corrected chi connectivity index (χ2v) is 3.37. The van der Waals surface area contributed by atoms with Crippen LogP contribution in [0.15, 0.2) is 35.3 Å². The number of benzene rings is 1. The molecule has 0 radical (unpaired) electrons. The highest BCUT2D eigenvalue weighted by molar-refractivity contribution is 5.79. The van der Waals surface area contributed by atoms with Gasteiger partial charge in [-0.2, -0.15) is 0 Å². The maximum atomic E-state index is 9.02. The van der Waals surface area contributed by atoms with Gasteiger partial charge in [0.05, 0.1) is 19.8 Å². The Bertz CT molecular complexity index is 299. The predicted molar refractivity (Wildman–Crippen MR) is 58.0 cm³/mol. The van der Waals surface area contributed by atoms with Crippen molar-refractivity contribution in [2.24, 2.45) is 4.99 Å². The van der Waals surface area contributed by atoms with Crippen molar-refractivity contribution in [3.8, 4) is 0 Å². The van der Waals surface area contributed by atoms with Gasteiger partial charge in [-0.15, -0.1) is 0 Å². The van der Waals surface area contributed by atoms with Crippen molar-refractivity contribution in [1.29, 1.82) is 0 Å². The van der Waals surface area contributed by atoms with Crippen LogP contribution in [0.5, 0.6) is 0 Å². The Balaban J connectivity index is 2.79. The molecule has 0 saturated carbocycles.